The third-order valence-electron chi connectivity index (χ3n) is 13.8. The van der Waals surface area contributed by atoms with Crippen LogP contribution in [0.5, 0.6) is 0 Å². The Morgan fingerprint density at radius 1 is 0.211 bits per heavy atom. The maximum atomic E-state index is 7.28. The first-order chi connectivity index (χ1) is 35.2. The lowest BCUT2D eigenvalue weighted by atomic mass is 9.96. The van der Waals surface area contributed by atoms with Crippen molar-refractivity contribution in [3.63, 3.8) is 0 Å². The molecule has 71 heavy (non-hydrogen) atoms. The Morgan fingerprint density at radius 2 is 0.507 bits per heavy atom. The molecule has 0 spiro atoms. The molecule has 0 aliphatic carbocycles. The minimum absolute atomic E-state index is 0.825. The Hall–Kier alpha value is -9.44. The van der Waals surface area contributed by atoms with Crippen LogP contribution in [0.4, 0.5) is 34.1 Å². The quantitative estimate of drug-likeness (QED) is 0.136. The molecule has 0 radical (unpaired) electrons. The maximum absolute atomic E-state index is 7.28. The van der Waals surface area contributed by atoms with Crippen LogP contribution >= 0.6 is 0 Å². The molecule has 0 unspecified atom stereocenters. The molecular formula is C68H46N2O. The van der Waals surface area contributed by atoms with Gasteiger partial charge in [0, 0.05) is 56.4 Å². The van der Waals surface area contributed by atoms with E-state index in [2.05, 4.69) is 289 Å². The van der Waals surface area contributed by atoms with Gasteiger partial charge >= 0.3 is 0 Å². The SMILES string of the molecule is c1ccc(-c2ccc(N(c3cccc(-c4ccccc4)c3)c3cc4oc5cc(N(c6ccc(-c7ccccc7)cc6)c6cccc(-c7ccccc7)c6)c6ccccc6c5c4c4ccccc34)cc2)cc1. The van der Waals surface area contributed by atoms with E-state index in [1.165, 1.54) is 33.4 Å². The Labute approximate surface area is 413 Å². The van der Waals surface area contributed by atoms with Crippen LogP contribution in [0.3, 0.4) is 0 Å². The van der Waals surface area contributed by atoms with Gasteiger partial charge in [-0.2, -0.15) is 0 Å². The fourth-order valence-corrected chi connectivity index (χ4v) is 10.5. The van der Waals surface area contributed by atoms with Crippen LogP contribution in [-0.2, 0) is 0 Å². The average molecular weight is 907 g/mol. The van der Waals surface area contributed by atoms with Crippen molar-refractivity contribution in [1.82, 2.24) is 0 Å². The van der Waals surface area contributed by atoms with Gasteiger partial charge in [0.2, 0.25) is 0 Å². The van der Waals surface area contributed by atoms with Gasteiger partial charge in [-0.05, 0) is 104 Å². The van der Waals surface area contributed by atoms with Crippen molar-refractivity contribution < 1.29 is 4.42 Å². The highest BCUT2D eigenvalue weighted by Crippen LogP contribution is 2.50. The molecule has 0 saturated heterocycles. The van der Waals surface area contributed by atoms with Gasteiger partial charge in [-0.15, -0.1) is 0 Å². The monoisotopic (exact) mass is 906 g/mol. The topological polar surface area (TPSA) is 19.6 Å². The van der Waals surface area contributed by atoms with E-state index in [1.54, 1.807) is 0 Å². The largest absolute Gasteiger partial charge is 0.456 e. The van der Waals surface area contributed by atoms with Gasteiger partial charge in [-0.25, -0.2) is 0 Å². The minimum Gasteiger partial charge on any atom is -0.456 e. The van der Waals surface area contributed by atoms with Crippen LogP contribution in [0.15, 0.2) is 283 Å². The molecule has 1 heterocycles. The third kappa shape index (κ3) is 7.67. The molecule has 0 aliphatic rings. The predicted octanol–water partition coefficient (Wildman–Crippen LogP) is 19.5. The van der Waals surface area contributed by atoms with E-state index >= 15 is 0 Å². The second-order valence-corrected chi connectivity index (χ2v) is 18.1. The van der Waals surface area contributed by atoms with Crippen LogP contribution in [0.2, 0.25) is 0 Å². The van der Waals surface area contributed by atoms with Crippen LogP contribution < -0.4 is 9.80 Å². The predicted molar refractivity (Wildman–Crippen MR) is 300 cm³/mol. The molecule has 13 aromatic rings. The molecule has 334 valence electrons. The van der Waals surface area contributed by atoms with E-state index in [4.69, 9.17) is 4.42 Å². The molecule has 3 nitrogen and oxygen atoms in total. The highest BCUT2D eigenvalue weighted by Gasteiger charge is 2.25. The molecule has 0 amide bonds. The third-order valence-corrected chi connectivity index (χ3v) is 13.8. The molecule has 1 aromatic heterocycles. The van der Waals surface area contributed by atoms with Crippen molar-refractivity contribution in [2.45, 2.75) is 0 Å². The standard InChI is InChI=1S/C68H46N2O/c1-5-19-47(20-6-1)51-35-39-55(40-36-51)69(57-29-17-27-53(43-57)49-23-9-3-10-24-49)63-45-65-67(61-33-15-13-31-59(61)63)68-62-34-16-14-32-60(62)64(46-66(68)71-65)70(56-41-37-52(38-42-56)48-21-7-2-8-22-48)58-30-18-28-54(44-58)50-25-11-4-12-26-50/h1-46H. The fraction of sp³-hybridized carbons (Fsp3) is 0. The molecule has 0 fully saturated rings. The zero-order valence-electron chi connectivity index (χ0n) is 38.9. The number of furan rings is 1. The van der Waals surface area contributed by atoms with Gasteiger partial charge in [0.1, 0.15) is 11.2 Å². The van der Waals surface area contributed by atoms with Crippen molar-refractivity contribution in [2.75, 3.05) is 9.80 Å². The molecule has 0 saturated carbocycles. The molecular weight excluding hydrogens is 861 g/mol. The van der Waals surface area contributed by atoms with E-state index in [0.29, 0.717) is 0 Å². The minimum atomic E-state index is 0.825. The number of nitrogens with zero attached hydrogens (tertiary/aromatic N) is 2. The van der Waals surface area contributed by atoms with Crippen LogP contribution in [0.25, 0.3) is 88.0 Å². The summed E-state index contributed by atoms with van der Waals surface area (Å²) >= 11 is 0. The second kappa shape index (κ2) is 17.9. The summed E-state index contributed by atoms with van der Waals surface area (Å²) in [5, 5.41) is 6.72. The Morgan fingerprint density at radius 3 is 0.873 bits per heavy atom. The molecule has 3 heteroatoms. The van der Waals surface area contributed by atoms with Crippen LogP contribution in [0.1, 0.15) is 0 Å². The van der Waals surface area contributed by atoms with E-state index in [0.717, 1.165) is 88.7 Å². The van der Waals surface area contributed by atoms with E-state index < -0.39 is 0 Å². The summed E-state index contributed by atoms with van der Waals surface area (Å²) in [4.78, 5) is 4.78. The van der Waals surface area contributed by atoms with Crippen LogP contribution in [0, 0.1) is 0 Å². The van der Waals surface area contributed by atoms with Gasteiger partial charge in [0.15, 0.2) is 0 Å². The van der Waals surface area contributed by atoms with E-state index in [-0.39, 0.29) is 0 Å². The van der Waals surface area contributed by atoms with Crippen molar-refractivity contribution in [2.24, 2.45) is 0 Å². The average Bonchev–Trinajstić information content (AvgIpc) is 3.84. The Bertz CT molecular complexity index is 3750. The molecule has 12 aromatic carbocycles. The summed E-state index contributed by atoms with van der Waals surface area (Å²) in [7, 11) is 0. The Kier molecular flexibility index (Phi) is 10.5. The van der Waals surface area contributed by atoms with Gasteiger partial charge in [-0.3, -0.25) is 0 Å². The molecule has 0 atom stereocenters. The van der Waals surface area contributed by atoms with Crippen molar-refractivity contribution in [3.8, 4) is 44.5 Å². The van der Waals surface area contributed by atoms with Gasteiger partial charge < -0.3 is 14.2 Å². The van der Waals surface area contributed by atoms with Crippen LogP contribution in [-0.4, -0.2) is 0 Å². The number of rotatable bonds is 10. The van der Waals surface area contributed by atoms with Crippen molar-refractivity contribution >= 4 is 77.6 Å². The number of anilines is 6. The second-order valence-electron chi connectivity index (χ2n) is 18.1. The number of hydrogen-bond donors (Lipinski definition) is 0. The zero-order chi connectivity index (χ0) is 47.1. The fourth-order valence-electron chi connectivity index (χ4n) is 10.5. The maximum Gasteiger partial charge on any atom is 0.138 e. The van der Waals surface area contributed by atoms with E-state index in [9.17, 15) is 0 Å². The highest BCUT2D eigenvalue weighted by molar-refractivity contribution is 6.30. The lowest BCUT2D eigenvalue weighted by Crippen LogP contribution is -2.11. The lowest BCUT2D eigenvalue weighted by Gasteiger charge is -2.28. The van der Waals surface area contributed by atoms with Crippen molar-refractivity contribution in [3.05, 3.63) is 279 Å². The zero-order valence-corrected chi connectivity index (χ0v) is 38.9. The molecule has 0 bridgehead atoms. The summed E-state index contributed by atoms with van der Waals surface area (Å²) in [5.74, 6) is 0. The normalized spacial score (nSPS) is 11.4. The number of benzene rings is 12. The number of fused-ring (bicyclic) bond motifs is 7. The Balaban J connectivity index is 1.03. The van der Waals surface area contributed by atoms with Gasteiger partial charge in [0.05, 0.1) is 11.4 Å². The molecule has 0 N–H and O–H groups in total. The molecule has 13 rings (SSSR count). The summed E-state index contributed by atoms with van der Waals surface area (Å²) < 4.78 is 7.28. The first-order valence-electron chi connectivity index (χ1n) is 24.2. The number of hydrogen-bond acceptors (Lipinski definition) is 3. The summed E-state index contributed by atoms with van der Waals surface area (Å²) in [6.45, 7) is 0. The lowest BCUT2D eigenvalue weighted by molar-refractivity contribution is 0.669. The summed E-state index contributed by atoms with van der Waals surface area (Å²) in [6.07, 6.45) is 0. The molecule has 0 aliphatic heterocycles. The summed E-state index contributed by atoms with van der Waals surface area (Å²) in [6, 6.07) is 100. The van der Waals surface area contributed by atoms with Gasteiger partial charge in [-0.1, -0.05) is 218 Å². The highest BCUT2D eigenvalue weighted by atomic mass is 16.3. The smallest absolute Gasteiger partial charge is 0.138 e. The van der Waals surface area contributed by atoms with Crippen molar-refractivity contribution in [1.29, 1.82) is 0 Å². The first kappa shape index (κ1) is 41.7. The first-order valence-corrected chi connectivity index (χ1v) is 24.2. The van der Waals surface area contributed by atoms with Gasteiger partial charge in [0.25, 0.3) is 0 Å². The van der Waals surface area contributed by atoms with E-state index in [1.807, 2.05) is 0 Å². The summed E-state index contributed by atoms with van der Waals surface area (Å²) in [5.41, 5.74) is 17.3.